The molecule has 4 aliphatic rings. The van der Waals surface area contributed by atoms with Crippen molar-refractivity contribution in [3.63, 3.8) is 0 Å². The van der Waals surface area contributed by atoms with E-state index in [0.29, 0.717) is 17.1 Å². The Bertz CT molecular complexity index is 926. The fourth-order valence-electron chi connectivity index (χ4n) is 6.91. The van der Waals surface area contributed by atoms with E-state index in [2.05, 4.69) is 13.8 Å². The van der Waals surface area contributed by atoms with Crippen molar-refractivity contribution >= 4 is 11.8 Å². The summed E-state index contributed by atoms with van der Waals surface area (Å²) in [5.41, 5.74) is -2.36. The third kappa shape index (κ3) is 2.61. The summed E-state index contributed by atoms with van der Waals surface area (Å²) in [6.45, 7) is 10.8. The molecule has 4 rings (SSSR count). The van der Waals surface area contributed by atoms with Gasteiger partial charge in [-0.05, 0) is 61.5 Å². The molecule has 4 aliphatic carbocycles. The lowest BCUT2D eigenvalue weighted by Crippen LogP contribution is -2.65. The number of carbonyl (C=O) groups is 2. The Morgan fingerprint density at radius 2 is 2.00 bits per heavy atom. The summed E-state index contributed by atoms with van der Waals surface area (Å²) in [6.07, 6.45) is 3.04. The first-order valence-corrected chi connectivity index (χ1v) is 11.2. The van der Waals surface area contributed by atoms with E-state index in [1.165, 1.54) is 0 Å². The van der Waals surface area contributed by atoms with E-state index in [0.717, 1.165) is 6.42 Å². The molecule has 2 saturated carbocycles. The van der Waals surface area contributed by atoms with Gasteiger partial charge in [0.1, 0.15) is 6.10 Å². The number of esters is 1. The zero-order valence-electron chi connectivity index (χ0n) is 19.2. The van der Waals surface area contributed by atoms with Gasteiger partial charge in [-0.2, -0.15) is 0 Å². The highest BCUT2D eigenvalue weighted by molar-refractivity contribution is 5.96. The summed E-state index contributed by atoms with van der Waals surface area (Å²) in [6, 6.07) is 0. The molecule has 0 aromatic heterocycles. The van der Waals surface area contributed by atoms with Gasteiger partial charge in [-0.25, -0.2) is 4.79 Å². The smallest absolute Gasteiger partial charge is 0.334 e. The first-order valence-electron chi connectivity index (χ1n) is 11.2. The third-order valence-electron chi connectivity index (χ3n) is 8.88. The number of aliphatic hydroxyl groups excluding tert-OH is 2. The highest BCUT2D eigenvalue weighted by Crippen LogP contribution is 2.71. The summed E-state index contributed by atoms with van der Waals surface area (Å²) < 4.78 is 5.72. The molecule has 0 radical (unpaired) electrons. The van der Waals surface area contributed by atoms with Crippen LogP contribution in [-0.4, -0.2) is 51.5 Å². The van der Waals surface area contributed by atoms with E-state index < -0.39 is 41.7 Å². The molecule has 0 aromatic rings. The normalized spacial score (nSPS) is 45.6. The molecular formula is C25H34O6. The van der Waals surface area contributed by atoms with E-state index >= 15 is 0 Å². The maximum absolute atomic E-state index is 14.2. The number of hydrogen-bond acceptors (Lipinski definition) is 6. The van der Waals surface area contributed by atoms with Crippen LogP contribution in [0, 0.1) is 34.5 Å². The molecule has 0 saturated heterocycles. The molecule has 8 atom stereocenters. The van der Waals surface area contributed by atoms with Gasteiger partial charge in [-0.3, -0.25) is 4.79 Å². The number of ether oxygens (including phenoxy) is 1. The molecule has 0 heterocycles. The van der Waals surface area contributed by atoms with Gasteiger partial charge >= 0.3 is 5.97 Å². The Balaban J connectivity index is 1.91. The van der Waals surface area contributed by atoms with Gasteiger partial charge < -0.3 is 20.1 Å². The number of ketones is 1. The molecule has 1 spiro atoms. The second-order valence-electron chi connectivity index (χ2n) is 10.6. The number of Topliss-reactive ketones (excluding diaryl/α,β-unsaturated/α-hetero) is 1. The number of hydrogen-bond donors (Lipinski definition) is 3. The lowest BCUT2D eigenvalue weighted by molar-refractivity contribution is -0.201. The molecule has 0 aliphatic heterocycles. The SMILES string of the molecule is C/C=C(/C)C(=O)O[C@H]1C(C)=C[C@@]23C(=O)[C@@H](C=C(CO)[C@@H](O)[C@]12O)[C@@H]1[C@@H](C[C@H]3C)C1(C)C. The van der Waals surface area contributed by atoms with Crippen LogP contribution in [0.1, 0.15) is 48.0 Å². The Morgan fingerprint density at radius 3 is 2.58 bits per heavy atom. The Morgan fingerprint density at radius 1 is 1.35 bits per heavy atom. The maximum Gasteiger partial charge on any atom is 0.334 e. The van der Waals surface area contributed by atoms with Crippen molar-refractivity contribution in [1.29, 1.82) is 0 Å². The number of carbonyl (C=O) groups excluding carboxylic acids is 2. The quantitative estimate of drug-likeness (QED) is 0.361. The minimum atomic E-state index is -2.08. The molecule has 31 heavy (non-hydrogen) atoms. The summed E-state index contributed by atoms with van der Waals surface area (Å²) in [4.78, 5) is 26.8. The minimum absolute atomic E-state index is 0.0209. The van der Waals surface area contributed by atoms with Gasteiger partial charge in [0.2, 0.25) is 0 Å². The zero-order valence-corrected chi connectivity index (χ0v) is 19.2. The van der Waals surface area contributed by atoms with Gasteiger partial charge in [-0.1, -0.05) is 39.0 Å². The van der Waals surface area contributed by atoms with Crippen molar-refractivity contribution in [2.75, 3.05) is 6.61 Å². The summed E-state index contributed by atoms with van der Waals surface area (Å²) >= 11 is 0. The lowest BCUT2D eigenvalue weighted by atomic mass is 9.59. The van der Waals surface area contributed by atoms with Crippen LogP contribution in [0.15, 0.2) is 34.9 Å². The van der Waals surface area contributed by atoms with Crippen molar-refractivity contribution in [3.05, 3.63) is 34.9 Å². The zero-order chi connectivity index (χ0) is 23.1. The highest BCUT2D eigenvalue weighted by Gasteiger charge is 2.76. The largest absolute Gasteiger partial charge is 0.451 e. The number of aliphatic hydroxyl groups is 3. The molecular weight excluding hydrogens is 396 g/mol. The summed E-state index contributed by atoms with van der Waals surface area (Å²) in [5, 5.41) is 33.7. The second kappa shape index (κ2) is 6.87. The van der Waals surface area contributed by atoms with Gasteiger partial charge in [-0.15, -0.1) is 0 Å². The standard InChI is InChI=1S/C25H34O6/c1-7-12(2)22(29)31-21-13(3)10-24-14(4)8-17-18(23(17,5)6)16(20(24)28)9-15(11-26)19(27)25(21,24)30/h7,9-10,14,16-19,21,26-27,30H,8,11H2,1-6H3/b12-7-/t14-,16+,17-,18-,19-,21+,24-,25+/m1/s1. The predicted octanol–water partition coefficient (Wildman–Crippen LogP) is 2.33. The Kier molecular flexibility index (Phi) is 4.97. The molecule has 2 bridgehead atoms. The summed E-state index contributed by atoms with van der Waals surface area (Å²) in [5.74, 6) is -1.13. The number of allylic oxidation sites excluding steroid dienone is 2. The average Bonchev–Trinajstić information content (AvgIpc) is 3.21. The molecule has 2 fully saturated rings. The molecule has 6 heteroatoms. The Hall–Kier alpha value is -1.76. The molecule has 0 aromatic carbocycles. The van der Waals surface area contributed by atoms with Crippen LogP contribution in [0.4, 0.5) is 0 Å². The molecule has 6 nitrogen and oxygen atoms in total. The van der Waals surface area contributed by atoms with Crippen molar-refractivity contribution in [2.24, 2.45) is 34.5 Å². The lowest BCUT2D eigenvalue weighted by Gasteiger charge is -2.48. The molecule has 3 N–H and O–H groups in total. The van der Waals surface area contributed by atoms with Crippen molar-refractivity contribution in [2.45, 2.75) is 65.8 Å². The third-order valence-corrected chi connectivity index (χ3v) is 8.88. The predicted molar refractivity (Wildman–Crippen MR) is 115 cm³/mol. The Labute approximate surface area is 183 Å². The van der Waals surface area contributed by atoms with E-state index in [9.17, 15) is 24.9 Å². The fourth-order valence-corrected chi connectivity index (χ4v) is 6.91. The van der Waals surface area contributed by atoms with Crippen LogP contribution in [0.3, 0.4) is 0 Å². The van der Waals surface area contributed by atoms with E-state index in [-0.39, 0.29) is 28.6 Å². The van der Waals surface area contributed by atoms with Crippen LogP contribution in [0.25, 0.3) is 0 Å². The van der Waals surface area contributed by atoms with Gasteiger partial charge in [0, 0.05) is 11.5 Å². The monoisotopic (exact) mass is 430 g/mol. The van der Waals surface area contributed by atoms with Gasteiger partial charge in [0.05, 0.1) is 12.0 Å². The van der Waals surface area contributed by atoms with Crippen molar-refractivity contribution < 1.29 is 29.6 Å². The van der Waals surface area contributed by atoms with Crippen LogP contribution < -0.4 is 0 Å². The molecule has 0 unspecified atom stereocenters. The van der Waals surface area contributed by atoms with Crippen LogP contribution in [0.2, 0.25) is 0 Å². The topological polar surface area (TPSA) is 104 Å². The van der Waals surface area contributed by atoms with Crippen LogP contribution >= 0.6 is 0 Å². The highest BCUT2D eigenvalue weighted by atomic mass is 16.6. The summed E-state index contributed by atoms with van der Waals surface area (Å²) in [7, 11) is 0. The van der Waals surface area contributed by atoms with E-state index in [1.807, 2.05) is 6.92 Å². The average molecular weight is 431 g/mol. The van der Waals surface area contributed by atoms with Crippen LogP contribution in [-0.2, 0) is 14.3 Å². The number of fused-ring (bicyclic) bond motifs is 3. The first kappa shape index (κ1) is 22.4. The second-order valence-corrected chi connectivity index (χ2v) is 10.6. The first-order chi connectivity index (χ1) is 14.4. The maximum atomic E-state index is 14.2. The van der Waals surface area contributed by atoms with Gasteiger partial charge in [0.15, 0.2) is 17.5 Å². The fraction of sp³-hybridized carbons (Fsp3) is 0.680. The van der Waals surface area contributed by atoms with E-state index in [4.69, 9.17) is 4.74 Å². The van der Waals surface area contributed by atoms with Crippen LogP contribution in [0.5, 0.6) is 0 Å². The number of rotatable bonds is 3. The van der Waals surface area contributed by atoms with Crippen molar-refractivity contribution in [3.8, 4) is 0 Å². The molecule has 170 valence electrons. The molecule has 0 amide bonds. The van der Waals surface area contributed by atoms with E-state index in [1.54, 1.807) is 39.0 Å². The van der Waals surface area contributed by atoms with Gasteiger partial charge in [0.25, 0.3) is 0 Å². The van der Waals surface area contributed by atoms with Crippen molar-refractivity contribution in [1.82, 2.24) is 0 Å². The minimum Gasteiger partial charge on any atom is -0.451 e.